The van der Waals surface area contributed by atoms with Crippen molar-refractivity contribution in [1.82, 2.24) is 0 Å². The van der Waals surface area contributed by atoms with Crippen molar-refractivity contribution in [2.24, 2.45) is 5.41 Å². The van der Waals surface area contributed by atoms with Crippen LogP contribution in [0, 0.1) is 16.7 Å². The van der Waals surface area contributed by atoms with Crippen LogP contribution in [0.2, 0.25) is 0 Å². The predicted octanol–water partition coefficient (Wildman–Crippen LogP) is 3.58. The Balaban J connectivity index is 3.07. The van der Waals surface area contributed by atoms with Gasteiger partial charge >= 0.3 is 0 Å². The van der Waals surface area contributed by atoms with Crippen molar-refractivity contribution in [3.05, 3.63) is 23.8 Å². The Hall–Kier alpha value is -1.69. The molecular weight excluding hydrogens is 226 g/mol. The number of hydrogen-bond donors (Lipinski definition) is 0. The number of ether oxygens (including phenoxy) is 2. The largest absolute Gasteiger partial charge is 0.497 e. The molecule has 0 unspecified atom stereocenters. The molecule has 0 heterocycles. The molecule has 0 aliphatic rings. The average molecular weight is 247 g/mol. The summed E-state index contributed by atoms with van der Waals surface area (Å²) >= 11 is 0. The molecule has 18 heavy (non-hydrogen) atoms. The Morgan fingerprint density at radius 1 is 1.17 bits per heavy atom. The summed E-state index contributed by atoms with van der Waals surface area (Å²) in [6.45, 7) is 4.12. The van der Waals surface area contributed by atoms with Gasteiger partial charge in [-0.05, 0) is 30.9 Å². The lowest BCUT2D eigenvalue weighted by Gasteiger charge is -2.24. The first-order valence-corrected chi connectivity index (χ1v) is 6.26. The third-order valence-corrected chi connectivity index (χ3v) is 3.61. The van der Waals surface area contributed by atoms with Crippen LogP contribution in [0.1, 0.15) is 32.3 Å². The standard InChI is InChI=1S/C15H21NO2/c1-5-15(6-2,11-16)10-12-7-8-13(17-3)9-14(12)18-4/h7-9H,5-6,10H2,1-4H3. The SMILES string of the molecule is CCC(C#N)(CC)Cc1ccc(OC)cc1OC. The molecule has 1 aromatic rings. The van der Waals surface area contributed by atoms with Crippen LogP contribution in [0.3, 0.4) is 0 Å². The van der Waals surface area contributed by atoms with E-state index >= 15 is 0 Å². The molecule has 98 valence electrons. The van der Waals surface area contributed by atoms with Gasteiger partial charge in [0.1, 0.15) is 11.5 Å². The topological polar surface area (TPSA) is 42.2 Å². The van der Waals surface area contributed by atoms with Crippen molar-refractivity contribution in [2.75, 3.05) is 14.2 Å². The first-order chi connectivity index (χ1) is 8.64. The van der Waals surface area contributed by atoms with Crippen molar-refractivity contribution >= 4 is 0 Å². The third-order valence-electron chi connectivity index (χ3n) is 3.61. The van der Waals surface area contributed by atoms with Crippen molar-refractivity contribution in [1.29, 1.82) is 5.26 Å². The molecule has 0 aliphatic carbocycles. The lowest BCUT2D eigenvalue weighted by molar-refractivity contribution is 0.347. The molecule has 0 radical (unpaired) electrons. The van der Waals surface area contributed by atoms with Crippen molar-refractivity contribution < 1.29 is 9.47 Å². The monoisotopic (exact) mass is 247 g/mol. The highest BCUT2D eigenvalue weighted by Crippen LogP contribution is 2.35. The highest BCUT2D eigenvalue weighted by Gasteiger charge is 2.27. The summed E-state index contributed by atoms with van der Waals surface area (Å²) in [4.78, 5) is 0. The van der Waals surface area contributed by atoms with E-state index in [0.29, 0.717) is 6.42 Å². The van der Waals surface area contributed by atoms with Gasteiger partial charge in [0.2, 0.25) is 0 Å². The normalized spacial score (nSPS) is 10.8. The van der Waals surface area contributed by atoms with Gasteiger partial charge in [0.15, 0.2) is 0 Å². The molecule has 0 saturated carbocycles. The maximum atomic E-state index is 9.39. The van der Waals surface area contributed by atoms with E-state index in [9.17, 15) is 5.26 Å². The van der Waals surface area contributed by atoms with E-state index in [4.69, 9.17) is 9.47 Å². The summed E-state index contributed by atoms with van der Waals surface area (Å²) in [5, 5.41) is 9.39. The minimum atomic E-state index is -0.304. The Morgan fingerprint density at radius 3 is 2.28 bits per heavy atom. The van der Waals surface area contributed by atoms with Crippen LogP contribution in [0.4, 0.5) is 0 Å². The molecule has 1 aromatic carbocycles. The summed E-state index contributed by atoms with van der Waals surface area (Å²) < 4.78 is 10.6. The van der Waals surface area contributed by atoms with Crippen LogP contribution in [0.5, 0.6) is 11.5 Å². The Labute approximate surface area is 109 Å². The highest BCUT2D eigenvalue weighted by molar-refractivity contribution is 5.41. The molecule has 0 amide bonds. The van der Waals surface area contributed by atoms with E-state index in [1.54, 1.807) is 14.2 Å². The molecule has 0 aromatic heterocycles. The summed E-state index contributed by atoms with van der Waals surface area (Å²) in [6.07, 6.45) is 2.40. The Bertz CT molecular complexity index is 431. The predicted molar refractivity (Wildman–Crippen MR) is 71.9 cm³/mol. The Kier molecular flexibility index (Phi) is 5.03. The first-order valence-electron chi connectivity index (χ1n) is 6.26. The summed E-state index contributed by atoms with van der Waals surface area (Å²) in [5.74, 6) is 1.56. The van der Waals surface area contributed by atoms with Crippen LogP contribution in [-0.4, -0.2) is 14.2 Å². The number of nitriles is 1. The second-order valence-corrected chi connectivity index (χ2v) is 4.45. The van der Waals surface area contributed by atoms with Crippen LogP contribution in [0.25, 0.3) is 0 Å². The second-order valence-electron chi connectivity index (χ2n) is 4.45. The minimum Gasteiger partial charge on any atom is -0.497 e. The fourth-order valence-corrected chi connectivity index (χ4v) is 2.06. The van der Waals surface area contributed by atoms with Gasteiger partial charge in [0.05, 0.1) is 25.7 Å². The number of hydrogen-bond acceptors (Lipinski definition) is 3. The molecule has 0 bridgehead atoms. The van der Waals surface area contributed by atoms with E-state index < -0.39 is 0 Å². The number of nitrogens with zero attached hydrogens (tertiary/aromatic N) is 1. The van der Waals surface area contributed by atoms with Crippen LogP contribution >= 0.6 is 0 Å². The maximum Gasteiger partial charge on any atom is 0.125 e. The van der Waals surface area contributed by atoms with Gasteiger partial charge in [-0.25, -0.2) is 0 Å². The lowest BCUT2D eigenvalue weighted by Crippen LogP contribution is -2.20. The number of benzene rings is 1. The van der Waals surface area contributed by atoms with Crippen LogP contribution in [-0.2, 0) is 6.42 Å². The molecule has 1 rings (SSSR count). The fourth-order valence-electron chi connectivity index (χ4n) is 2.06. The third kappa shape index (κ3) is 2.95. The maximum absolute atomic E-state index is 9.39. The quantitative estimate of drug-likeness (QED) is 0.771. The molecule has 0 fully saturated rings. The fraction of sp³-hybridized carbons (Fsp3) is 0.533. The van der Waals surface area contributed by atoms with Gasteiger partial charge < -0.3 is 9.47 Å². The van der Waals surface area contributed by atoms with E-state index in [-0.39, 0.29) is 5.41 Å². The highest BCUT2D eigenvalue weighted by atomic mass is 16.5. The molecule has 0 aliphatic heterocycles. The van der Waals surface area contributed by atoms with E-state index in [2.05, 4.69) is 19.9 Å². The van der Waals surface area contributed by atoms with Gasteiger partial charge in [0.25, 0.3) is 0 Å². The van der Waals surface area contributed by atoms with E-state index in [0.717, 1.165) is 29.9 Å². The number of methoxy groups -OCH3 is 2. The smallest absolute Gasteiger partial charge is 0.125 e. The van der Waals surface area contributed by atoms with Gasteiger partial charge in [-0.2, -0.15) is 5.26 Å². The molecule has 3 heteroatoms. The summed E-state index contributed by atoms with van der Waals surface area (Å²) in [7, 11) is 3.27. The Morgan fingerprint density at radius 2 is 1.83 bits per heavy atom. The summed E-state index contributed by atoms with van der Waals surface area (Å²) in [5.41, 5.74) is 0.755. The van der Waals surface area contributed by atoms with E-state index in [1.807, 2.05) is 18.2 Å². The molecule has 0 N–H and O–H groups in total. The second kappa shape index (κ2) is 6.30. The van der Waals surface area contributed by atoms with Crippen molar-refractivity contribution in [3.8, 4) is 17.6 Å². The van der Waals surface area contributed by atoms with Crippen molar-refractivity contribution in [3.63, 3.8) is 0 Å². The lowest BCUT2D eigenvalue weighted by atomic mass is 9.78. The van der Waals surface area contributed by atoms with E-state index in [1.165, 1.54) is 0 Å². The van der Waals surface area contributed by atoms with Gasteiger partial charge in [-0.3, -0.25) is 0 Å². The van der Waals surface area contributed by atoms with Crippen molar-refractivity contribution in [2.45, 2.75) is 33.1 Å². The van der Waals surface area contributed by atoms with Gasteiger partial charge in [-0.1, -0.05) is 19.9 Å². The minimum absolute atomic E-state index is 0.304. The summed E-state index contributed by atoms with van der Waals surface area (Å²) in [6, 6.07) is 8.21. The molecule has 0 atom stereocenters. The van der Waals surface area contributed by atoms with Crippen LogP contribution < -0.4 is 9.47 Å². The zero-order valence-corrected chi connectivity index (χ0v) is 11.6. The molecule has 0 saturated heterocycles. The molecule has 3 nitrogen and oxygen atoms in total. The molecule has 0 spiro atoms. The average Bonchev–Trinajstić information content (AvgIpc) is 2.45. The van der Waals surface area contributed by atoms with Crippen LogP contribution in [0.15, 0.2) is 18.2 Å². The molecular formula is C15H21NO2. The number of rotatable bonds is 6. The zero-order chi connectivity index (χ0) is 13.6. The first kappa shape index (κ1) is 14.4. The van der Waals surface area contributed by atoms with Gasteiger partial charge in [0, 0.05) is 6.07 Å². The van der Waals surface area contributed by atoms with Gasteiger partial charge in [-0.15, -0.1) is 0 Å². The zero-order valence-electron chi connectivity index (χ0n) is 11.6.